The molecule has 0 spiro atoms. The van der Waals surface area contributed by atoms with E-state index in [1.807, 2.05) is 43.3 Å². The van der Waals surface area contributed by atoms with Gasteiger partial charge in [0.05, 0.1) is 7.11 Å². The predicted molar refractivity (Wildman–Crippen MR) is 79.3 cm³/mol. The van der Waals surface area contributed by atoms with Crippen LogP contribution in [0.2, 0.25) is 0 Å². The number of nitrogens with zero attached hydrogens (tertiary/aromatic N) is 2. The summed E-state index contributed by atoms with van der Waals surface area (Å²) < 4.78 is 5.12. The van der Waals surface area contributed by atoms with Crippen LogP contribution in [0.5, 0.6) is 5.75 Å². The standard InChI is InChI=1S/C14H20N2O2.ClH/c1-15(2)9-11-8-14(17)16(10-11)12-4-6-13(18-3)7-5-12;/h4-7,11H,8-10H2,1-3H3;1H. The molecule has 0 aromatic heterocycles. The van der Waals surface area contributed by atoms with Gasteiger partial charge in [0.25, 0.3) is 0 Å². The smallest absolute Gasteiger partial charge is 0.227 e. The molecule has 19 heavy (non-hydrogen) atoms. The van der Waals surface area contributed by atoms with Crippen molar-refractivity contribution in [3.05, 3.63) is 24.3 Å². The first-order valence-corrected chi connectivity index (χ1v) is 6.19. The minimum absolute atomic E-state index is 0. The molecule has 5 heteroatoms. The van der Waals surface area contributed by atoms with Crippen LogP contribution < -0.4 is 9.64 Å². The molecule has 1 unspecified atom stereocenters. The minimum atomic E-state index is 0. The lowest BCUT2D eigenvalue weighted by atomic mass is 10.1. The number of carbonyl (C=O) groups is 1. The fourth-order valence-electron chi connectivity index (χ4n) is 2.43. The molecular formula is C14H21ClN2O2. The van der Waals surface area contributed by atoms with E-state index in [1.165, 1.54) is 0 Å². The Kier molecular flexibility index (Phi) is 5.63. The molecule has 1 heterocycles. The van der Waals surface area contributed by atoms with Crippen LogP contribution >= 0.6 is 12.4 Å². The summed E-state index contributed by atoms with van der Waals surface area (Å²) in [4.78, 5) is 16.0. The Hall–Kier alpha value is -1.26. The molecule has 0 radical (unpaired) electrons. The number of amides is 1. The number of carbonyl (C=O) groups excluding carboxylic acids is 1. The predicted octanol–water partition coefficient (Wildman–Crippen LogP) is 2.03. The maximum Gasteiger partial charge on any atom is 0.227 e. The van der Waals surface area contributed by atoms with Gasteiger partial charge in [-0.2, -0.15) is 0 Å². The molecule has 0 aliphatic carbocycles. The van der Waals surface area contributed by atoms with Crippen LogP contribution in [0.3, 0.4) is 0 Å². The third kappa shape index (κ3) is 3.85. The summed E-state index contributed by atoms with van der Waals surface area (Å²) in [5.74, 6) is 1.46. The summed E-state index contributed by atoms with van der Waals surface area (Å²) in [6.07, 6.45) is 0.643. The molecule has 0 saturated carbocycles. The molecule has 1 atom stereocenters. The van der Waals surface area contributed by atoms with Crippen molar-refractivity contribution in [2.24, 2.45) is 5.92 Å². The summed E-state index contributed by atoms with van der Waals surface area (Å²) in [6, 6.07) is 7.66. The van der Waals surface area contributed by atoms with Crippen LogP contribution in [0, 0.1) is 5.92 Å². The molecule has 1 aliphatic rings. The fraction of sp³-hybridized carbons (Fsp3) is 0.500. The lowest BCUT2D eigenvalue weighted by Crippen LogP contribution is -2.27. The highest BCUT2D eigenvalue weighted by Gasteiger charge is 2.30. The highest BCUT2D eigenvalue weighted by Crippen LogP contribution is 2.26. The highest BCUT2D eigenvalue weighted by atomic mass is 35.5. The number of methoxy groups -OCH3 is 1. The van der Waals surface area contributed by atoms with Crippen LogP contribution in [0.1, 0.15) is 6.42 Å². The Morgan fingerprint density at radius 1 is 1.32 bits per heavy atom. The van der Waals surface area contributed by atoms with Crippen molar-refractivity contribution in [2.75, 3.05) is 39.2 Å². The van der Waals surface area contributed by atoms with Gasteiger partial charge >= 0.3 is 0 Å². The van der Waals surface area contributed by atoms with E-state index in [0.29, 0.717) is 12.3 Å². The molecule has 1 aromatic carbocycles. The second kappa shape index (κ2) is 6.78. The largest absolute Gasteiger partial charge is 0.497 e. The number of rotatable bonds is 4. The van der Waals surface area contributed by atoms with E-state index in [4.69, 9.17) is 4.74 Å². The van der Waals surface area contributed by atoms with Gasteiger partial charge in [0.2, 0.25) is 5.91 Å². The summed E-state index contributed by atoms with van der Waals surface area (Å²) in [6.45, 7) is 1.77. The first kappa shape index (κ1) is 15.8. The van der Waals surface area contributed by atoms with Crippen LogP contribution in [0.15, 0.2) is 24.3 Å². The zero-order valence-electron chi connectivity index (χ0n) is 11.6. The maximum absolute atomic E-state index is 12.0. The monoisotopic (exact) mass is 284 g/mol. The van der Waals surface area contributed by atoms with E-state index in [2.05, 4.69) is 4.90 Å². The van der Waals surface area contributed by atoms with E-state index >= 15 is 0 Å². The fourth-order valence-corrected chi connectivity index (χ4v) is 2.43. The van der Waals surface area contributed by atoms with Gasteiger partial charge in [0, 0.05) is 25.2 Å². The van der Waals surface area contributed by atoms with Gasteiger partial charge in [-0.3, -0.25) is 4.79 Å². The molecule has 1 fully saturated rings. The Morgan fingerprint density at radius 2 is 1.95 bits per heavy atom. The van der Waals surface area contributed by atoms with E-state index in [9.17, 15) is 4.79 Å². The first-order valence-electron chi connectivity index (χ1n) is 6.19. The van der Waals surface area contributed by atoms with E-state index < -0.39 is 0 Å². The SMILES string of the molecule is COc1ccc(N2CC(CN(C)C)CC2=O)cc1.Cl. The van der Waals surface area contributed by atoms with Gasteiger partial charge in [-0.15, -0.1) is 12.4 Å². The summed E-state index contributed by atoms with van der Waals surface area (Å²) in [5.41, 5.74) is 0.960. The van der Waals surface area contributed by atoms with Crippen molar-refractivity contribution >= 4 is 24.0 Å². The lowest BCUT2D eigenvalue weighted by molar-refractivity contribution is -0.117. The second-order valence-corrected chi connectivity index (χ2v) is 5.03. The second-order valence-electron chi connectivity index (χ2n) is 5.03. The molecule has 4 nitrogen and oxygen atoms in total. The van der Waals surface area contributed by atoms with Crippen LogP contribution in [-0.2, 0) is 4.79 Å². The van der Waals surface area contributed by atoms with Crippen molar-refractivity contribution in [1.82, 2.24) is 4.90 Å². The van der Waals surface area contributed by atoms with Gasteiger partial charge in [0.15, 0.2) is 0 Å². The maximum atomic E-state index is 12.0. The number of anilines is 1. The Labute approximate surface area is 120 Å². The number of hydrogen-bond donors (Lipinski definition) is 0. The normalized spacial score (nSPS) is 18.6. The van der Waals surface area contributed by atoms with Gasteiger partial charge in [-0.05, 0) is 44.3 Å². The van der Waals surface area contributed by atoms with E-state index in [0.717, 1.165) is 24.5 Å². The van der Waals surface area contributed by atoms with Gasteiger partial charge in [-0.1, -0.05) is 0 Å². The van der Waals surface area contributed by atoms with E-state index in [-0.39, 0.29) is 18.3 Å². The zero-order chi connectivity index (χ0) is 13.1. The third-order valence-corrected chi connectivity index (χ3v) is 3.21. The van der Waals surface area contributed by atoms with Crippen molar-refractivity contribution in [2.45, 2.75) is 6.42 Å². The van der Waals surface area contributed by atoms with Gasteiger partial charge < -0.3 is 14.5 Å². The minimum Gasteiger partial charge on any atom is -0.497 e. The van der Waals surface area contributed by atoms with Crippen molar-refractivity contribution in [3.63, 3.8) is 0 Å². The van der Waals surface area contributed by atoms with Gasteiger partial charge in [-0.25, -0.2) is 0 Å². The summed E-state index contributed by atoms with van der Waals surface area (Å²) in [7, 11) is 5.73. The molecule has 1 aliphatic heterocycles. The zero-order valence-corrected chi connectivity index (χ0v) is 12.4. The Bertz CT molecular complexity index is 420. The Balaban J connectivity index is 0.00000180. The average molecular weight is 285 g/mol. The number of ether oxygens (including phenoxy) is 1. The number of benzene rings is 1. The first-order chi connectivity index (χ1) is 8.60. The van der Waals surface area contributed by atoms with Crippen molar-refractivity contribution in [1.29, 1.82) is 0 Å². The number of hydrogen-bond acceptors (Lipinski definition) is 3. The molecule has 0 N–H and O–H groups in total. The van der Waals surface area contributed by atoms with Crippen molar-refractivity contribution in [3.8, 4) is 5.75 Å². The molecular weight excluding hydrogens is 264 g/mol. The molecule has 2 rings (SSSR count). The molecule has 0 bridgehead atoms. The summed E-state index contributed by atoms with van der Waals surface area (Å²) >= 11 is 0. The third-order valence-electron chi connectivity index (χ3n) is 3.21. The average Bonchev–Trinajstić information content (AvgIpc) is 2.69. The molecule has 1 amide bonds. The topological polar surface area (TPSA) is 32.8 Å². The summed E-state index contributed by atoms with van der Waals surface area (Å²) in [5, 5.41) is 0. The van der Waals surface area contributed by atoms with Crippen LogP contribution in [0.4, 0.5) is 5.69 Å². The molecule has 1 saturated heterocycles. The van der Waals surface area contributed by atoms with Gasteiger partial charge in [0.1, 0.15) is 5.75 Å². The quantitative estimate of drug-likeness (QED) is 0.848. The Morgan fingerprint density at radius 3 is 2.47 bits per heavy atom. The lowest BCUT2D eigenvalue weighted by Gasteiger charge is -2.18. The van der Waals surface area contributed by atoms with E-state index in [1.54, 1.807) is 7.11 Å². The van der Waals surface area contributed by atoms with Crippen LogP contribution in [-0.4, -0.2) is 45.1 Å². The molecule has 106 valence electrons. The number of halogens is 1. The molecule has 1 aromatic rings. The highest BCUT2D eigenvalue weighted by molar-refractivity contribution is 5.95. The van der Waals surface area contributed by atoms with Crippen LogP contribution in [0.25, 0.3) is 0 Å². The van der Waals surface area contributed by atoms with Crippen molar-refractivity contribution < 1.29 is 9.53 Å².